The van der Waals surface area contributed by atoms with E-state index in [2.05, 4.69) is 267 Å². The number of hydrogen-bond acceptors (Lipinski definition) is 1. The Morgan fingerprint density at radius 2 is 0.738 bits per heavy atom. The van der Waals surface area contributed by atoms with Gasteiger partial charge in [-0.25, -0.2) is 0 Å². The Bertz CT molecular complexity index is 3540. The first-order chi connectivity index (χ1) is 32.1. The Hall–Kier alpha value is -8.26. The summed E-state index contributed by atoms with van der Waals surface area (Å²) in [5.74, 6) is 0. The van der Waals surface area contributed by atoms with Crippen molar-refractivity contribution in [1.82, 2.24) is 0 Å². The Morgan fingerprint density at radius 1 is 0.277 bits per heavy atom. The van der Waals surface area contributed by atoms with E-state index in [9.17, 15) is 0 Å². The summed E-state index contributed by atoms with van der Waals surface area (Å²) in [5.41, 5.74) is 19.1. The van der Waals surface area contributed by atoms with Crippen molar-refractivity contribution in [3.8, 4) is 55.6 Å². The molecule has 0 aliphatic heterocycles. The first-order valence-electron chi connectivity index (χ1n) is 22.6. The summed E-state index contributed by atoms with van der Waals surface area (Å²) in [7, 11) is 0. The molecule has 0 spiro atoms. The molecule has 11 aromatic rings. The van der Waals surface area contributed by atoms with Crippen LogP contribution in [0.25, 0.3) is 77.2 Å². The third-order valence-corrected chi connectivity index (χ3v) is 13.7. The highest BCUT2D eigenvalue weighted by Crippen LogP contribution is 2.54. The van der Waals surface area contributed by atoms with Gasteiger partial charge >= 0.3 is 0 Å². The molecule has 1 aliphatic rings. The van der Waals surface area contributed by atoms with E-state index in [0.29, 0.717) is 0 Å². The minimum absolute atomic E-state index is 0.326. The summed E-state index contributed by atoms with van der Waals surface area (Å²) in [6.07, 6.45) is 0. The molecule has 0 heterocycles. The first kappa shape index (κ1) is 38.4. The van der Waals surface area contributed by atoms with Gasteiger partial charge < -0.3 is 4.90 Å². The number of hydrogen-bond donors (Lipinski definition) is 0. The predicted octanol–water partition coefficient (Wildman–Crippen LogP) is 17.5. The molecule has 0 saturated heterocycles. The van der Waals surface area contributed by atoms with Crippen molar-refractivity contribution in [1.29, 1.82) is 0 Å². The molecule has 0 amide bonds. The zero-order valence-corrected chi connectivity index (χ0v) is 36.2. The van der Waals surface area contributed by atoms with Gasteiger partial charge in [0.25, 0.3) is 0 Å². The fourth-order valence-electron chi connectivity index (χ4n) is 10.6. The lowest BCUT2D eigenvalue weighted by atomic mass is 9.74. The molecule has 1 nitrogen and oxygen atoms in total. The smallest absolute Gasteiger partial charge is 0.0467 e. The monoisotopic (exact) mass is 827 g/mol. The van der Waals surface area contributed by atoms with E-state index < -0.39 is 0 Å². The van der Waals surface area contributed by atoms with Crippen LogP contribution in [0.3, 0.4) is 0 Å². The predicted molar refractivity (Wildman–Crippen MR) is 275 cm³/mol. The van der Waals surface area contributed by atoms with Gasteiger partial charge in [0.2, 0.25) is 0 Å². The Balaban J connectivity index is 1.07. The molecule has 1 aliphatic carbocycles. The molecule has 11 aromatic carbocycles. The van der Waals surface area contributed by atoms with Crippen LogP contribution in [0.4, 0.5) is 17.1 Å². The van der Waals surface area contributed by atoms with Crippen LogP contribution < -0.4 is 4.90 Å². The minimum atomic E-state index is -0.326. The van der Waals surface area contributed by atoms with E-state index in [0.717, 1.165) is 22.6 Å². The fraction of sp³-hybridized carbons (Fsp3) is 0.0312. The molecular formula is C64H45N. The molecular weight excluding hydrogens is 783 g/mol. The van der Waals surface area contributed by atoms with Gasteiger partial charge in [-0.2, -0.15) is 0 Å². The van der Waals surface area contributed by atoms with Crippen molar-refractivity contribution in [2.75, 3.05) is 4.90 Å². The number of rotatable bonds is 8. The molecule has 0 N–H and O–H groups in total. The summed E-state index contributed by atoms with van der Waals surface area (Å²) < 4.78 is 0. The summed E-state index contributed by atoms with van der Waals surface area (Å²) in [6, 6.07) is 93.6. The molecule has 65 heavy (non-hydrogen) atoms. The summed E-state index contributed by atoms with van der Waals surface area (Å²) in [4.78, 5) is 2.45. The number of fused-ring (bicyclic) bond motifs is 6. The zero-order chi connectivity index (χ0) is 43.3. The van der Waals surface area contributed by atoms with Gasteiger partial charge in [-0.1, -0.05) is 212 Å². The second-order valence-electron chi connectivity index (χ2n) is 17.4. The number of anilines is 3. The van der Waals surface area contributed by atoms with E-state index in [1.165, 1.54) is 88.3 Å². The van der Waals surface area contributed by atoms with Crippen LogP contribution >= 0.6 is 0 Å². The molecule has 0 fully saturated rings. The van der Waals surface area contributed by atoms with Gasteiger partial charge in [0.1, 0.15) is 0 Å². The molecule has 1 heteroatoms. The van der Waals surface area contributed by atoms with Crippen molar-refractivity contribution in [3.63, 3.8) is 0 Å². The fourth-order valence-corrected chi connectivity index (χ4v) is 10.6. The average Bonchev–Trinajstić information content (AvgIpc) is 3.64. The van der Waals surface area contributed by atoms with Crippen LogP contribution in [-0.2, 0) is 5.41 Å². The number of benzene rings is 11. The maximum absolute atomic E-state index is 2.45. The molecule has 12 rings (SSSR count). The third kappa shape index (κ3) is 6.47. The highest BCUT2D eigenvalue weighted by Gasteiger charge is 2.41. The van der Waals surface area contributed by atoms with E-state index in [1.807, 2.05) is 0 Å². The average molecular weight is 828 g/mol. The van der Waals surface area contributed by atoms with E-state index in [4.69, 9.17) is 0 Å². The number of nitrogens with zero attached hydrogens (tertiary/aromatic N) is 1. The summed E-state index contributed by atoms with van der Waals surface area (Å²) in [6.45, 7) is 2.40. The van der Waals surface area contributed by atoms with Crippen LogP contribution in [0, 0.1) is 0 Å². The SMILES string of the molecule is CC1(c2ccccc2)c2ccccc2-c2ccc(N(c3cccc(-c4ccccc4)c3)c3cccc(-c4ccc5c(c4)c(-c4ccccc4)c(-c4ccccc4)c4ccccc45)c3)cc21. The lowest BCUT2D eigenvalue weighted by Gasteiger charge is -2.31. The van der Waals surface area contributed by atoms with E-state index in [-0.39, 0.29) is 5.41 Å². The van der Waals surface area contributed by atoms with Gasteiger partial charge in [0.15, 0.2) is 0 Å². The molecule has 1 atom stereocenters. The van der Waals surface area contributed by atoms with Gasteiger partial charge in [-0.05, 0) is 143 Å². The van der Waals surface area contributed by atoms with Crippen LogP contribution in [0.15, 0.2) is 255 Å². The van der Waals surface area contributed by atoms with Crippen molar-refractivity contribution in [2.45, 2.75) is 12.3 Å². The molecule has 1 unspecified atom stereocenters. The summed E-state index contributed by atoms with van der Waals surface area (Å²) >= 11 is 0. The van der Waals surface area contributed by atoms with Crippen LogP contribution in [0.1, 0.15) is 23.6 Å². The highest BCUT2D eigenvalue weighted by molar-refractivity contribution is 6.22. The quantitative estimate of drug-likeness (QED) is 0.138. The zero-order valence-electron chi connectivity index (χ0n) is 36.2. The minimum Gasteiger partial charge on any atom is -0.310 e. The topological polar surface area (TPSA) is 3.24 Å². The Morgan fingerprint density at radius 3 is 1.40 bits per heavy atom. The van der Waals surface area contributed by atoms with Gasteiger partial charge in [-0.15, -0.1) is 0 Å². The molecule has 0 aromatic heterocycles. The Kier molecular flexibility index (Phi) is 9.35. The van der Waals surface area contributed by atoms with Gasteiger partial charge in [0, 0.05) is 22.5 Å². The second-order valence-corrected chi connectivity index (χ2v) is 17.4. The first-order valence-corrected chi connectivity index (χ1v) is 22.6. The van der Waals surface area contributed by atoms with Crippen molar-refractivity contribution in [2.24, 2.45) is 0 Å². The lowest BCUT2D eigenvalue weighted by Crippen LogP contribution is -2.22. The third-order valence-electron chi connectivity index (χ3n) is 13.7. The lowest BCUT2D eigenvalue weighted by molar-refractivity contribution is 0.714. The maximum Gasteiger partial charge on any atom is 0.0467 e. The second kappa shape index (κ2) is 15.8. The standard InChI is InChI=1S/C64H45N/c1-64(50-28-12-5-13-29-50)60-35-17-16-33-56(60)57-39-37-53(43-61(57)64)65(51-30-18-26-47(40-51)44-20-6-2-7-21-44)52-31-19-27-48(41-52)49-36-38-55-54-32-14-15-34-58(54)62(45-22-8-3-9-23-45)63(59(55)42-49)46-24-10-4-11-25-46/h2-43H,1H3. The molecule has 306 valence electrons. The van der Waals surface area contributed by atoms with E-state index in [1.54, 1.807) is 0 Å². The maximum atomic E-state index is 2.45. The largest absolute Gasteiger partial charge is 0.310 e. The highest BCUT2D eigenvalue weighted by atomic mass is 15.1. The van der Waals surface area contributed by atoms with Crippen molar-refractivity contribution < 1.29 is 0 Å². The van der Waals surface area contributed by atoms with Crippen molar-refractivity contribution in [3.05, 3.63) is 271 Å². The van der Waals surface area contributed by atoms with Crippen LogP contribution in [0.2, 0.25) is 0 Å². The van der Waals surface area contributed by atoms with Crippen LogP contribution in [0.5, 0.6) is 0 Å². The van der Waals surface area contributed by atoms with Gasteiger partial charge in [-0.3, -0.25) is 0 Å². The van der Waals surface area contributed by atoms with E-state index >= 15 is 0 Å². The van der Waals surface area contributed by atoms with Crippen molar-refractivity contribution >= 4 is 38.6 Å². The molecule has 0 bridgehead atoms. The Labute approximate surface area is 381 Å². The van der Waals surface area contributed by atoms with Gasteiger partial charge in [0.05, 0.1) is 0 Å². The molecule has 0 saturated carbocycles. The normalized spacial score (nSPS) is 14.0. The van der Waals surface area contributed by atoms with Crippen LogP contribution in [-0.4, -0.2) is 0 Å². The molecule has 0 radical (unpaired) electrons. The summed E-state index contributed by atoms with van der Waals surface area (Å²) in [5, 5.41) is 5.00.